The summed E-state index contributed by atoms with van der Waals surface area (Å²) in [5, 5.41) is 18.3. The van der Waals surface area contributed by atoms with Crippen LogP contribution in [0.25, 0.3) is 0 Å². The Hall–Kier alpha value is -3.19. The molecule has 1 saturated heterocycles. The lowest BCUT2D eigenvalue weighted by molar-refractivity contribution is 0.307. The highest BCUT2D eigenvalue weighted by Crippen LogP contribution is 2.20. The molecule has 10 heteroatoms. The number of hydrogen-bond acceptors (Lipinski definition) is 7. The molecule has 0 amide bonds. The van der Waals surface area contributed by atoms with Crippen molar-refractivity contribution < 1.29 is 0 Å². The third kappa shape index (κ3) is 7.86. The molecule has 0 aromatic carbocycles. The number of hydrogen-bond donors (Lipinski definition) is 2. The van der Waals surface area contributed by atoms with Gasteiger partial charge in [-0.25, -0.2) is 0 Å². The van der Waals surface area contributed by atoms with E-state index in [1.165, 1.54) is 0 Å². The van der Waals surface area contributed by atoms with Crippen LogP contribution in [0.1, 0.15) is 18.4 Å². The van der Waals surface area contributed by atoms with Crippen LogP contribution in [0, 0.1) is 17.4 Å². The Bertz CT molecular complexity index is 891. The van der Waals surface area contributed by atoms with Gasteiger partial charge >= 0.3 is 0 Å². The van der Waals surface area contributed by atoms with E-state index < -0.39 is 0 Å². The van der Waals surface area contributed by atoms with E-state index in [9.17, 15) is 0 Å². The molecule has 1 aromatic heterocycles. The summed E-state index contributed by atoms with van der Waals surface area (Å²) in [7, 11) is 3.66. The predicted octanol–water partition coefficient (Wildman–Crippen LogP) is 2.42. The van der Waals surface area contributed by atoms with Crippen LogP contribution in [0.4, 0.5) is 0 Å². The summed E-state index contributed by atoms with van der Waals surface area (Å²) in [4.78, 5) is 14.3. The number of guanidine groups is 1. The highest BCUT2D eigenvalue weighted by Gasteiger charge is 2.24. The fourth-order valence-corrected chi connectivity index (χ4v) is 3.29. The standard InChI is InChI=1S/C21H28BrN9/c1-16(22)12-29-30(3)20(27-14-17-5-4-8-26-13-17)11-19(25-2)18-6-9-31(10-7-18)21(24)28-15-23/h4-5,8,11-13,18,27H,1,6-7,9-10,14H2,2-3H3,(H2,24,28)/b20-11-,25-19+,29-12-. The normalized spacial score (nSPS) is 16.3. The number of rotatable bonds is 8. The van der Waals surface area contributed by atoms with Crippen molar-refractivity contribution in [1.82, 2.24) is 20.2 Å². The summed E-state index contributed by atoms with van der Waals surface area (Å²) in [6.07, 6.45) is 10.7. The second-order valence-corrected chi connectivity index (χ2v) is 7.96. The number of allylic oxidation sites excluding steroid dienone is 2. The smallest absolute Gasteiger partial charge is 0.209 e. The van der Waals surface area contributed by atoms with Crippen molar-refractivity contribution in [2.24, 2.45) is 26.7 Å². The first kappa shape index (κ1) is 24.1. The molecule has 2 heterocycles. The van der Waals surface area contributed by atoms with Gasteiger partial charge in [0.15, 0.2) is 0 Å². The fraction of sp³-hybridized carbons (Fsp3) is 0.381. The third-order valence-corrected chi connectivity index (χ3v) is 5.07. The number of pyridine rings is 1. The van der Waals surface area contributed by atoms with E-state index in [2.05, 4.69) is 47.9 Å². The quantitative estimate of drug-likeness (QED) is 0.252. The van der Waals surface area contributed by atoms with E-state index in [4.69, 9.17) is 11.0 Å². The van der Waals surface area contributed by atoms with E-state index in [0.717, 1.165) is 43.0 Å². The molecule has 1 fully saturated rings. The summed E-state index contributed by atoms with van der Waals surface area (Å²) in [5.41, 5.74) is 7.89. The summed E-state index contributed by atoms with van der Waals surface area (Å²) in [6.45, 7) is 5.84. The van der Waals surface area contributed by atoms with Crippen LogP contribution in [0.3, 0.4) is 0 Å². The van der Waals surface area contributed by atoms with Crippen LogP contribution in [0.2, 0.25) is 0 Å². The molecule has 31 heavy (non-hydrogen) atoms. The second kappa shape index (κ2) is 12.5. The summed E-state index contributed by atoms with van der Waals surface area (Å²) in [6, 6.07) is 3.92. The van der Waals surface area contributed by atoms with E-state index >= 15 is 0 Å². The van der Waals surface area contributed by atoms with Gasteiger partial charge in [-0.3, -0.25) is 15.0 Å². The topological polar surface area (TPSA) is 118 Å². The maximum Gasteiger partial charge on any atom is 0.209 e. The summed E-state index contributed by atoms with van der Waals surface area (Å²) in [5.74, 6) is 1.35. The Labute approximate surface area is 191 Å². The third-order valence-electron chi connectivity index (χ3n) is 4.86. The maximum absolute atomic E-state index is 8.70. The van der Waals surface area contributed by atoms with Crippen molar-refractivity contribution in [2.45, 2.75) is 19.4 Å². The molecule has 164 valence electrons. The van der Waals surface area contributed by atoms with Gasteiger partial charge < -0.3 is 16.0 Å². The van der Waals surface area contributed by atoms with Crippen LogP contribution in [-0.2, 0) is 6.54 Å². The van der Waals surface area contributed by atoms with Gasteiger partial charge in [-0.2, -0.15) is 10.4 Å². The molecule has 3 N–H and O–H groups in total. The first-order chi connectivity index (χ1) is 14.9. The number of nitrogens with zero attached hydrogens (tertiary/aromatic N) is 7. The molecular formula is C21H28BrN9. The van der Waals surface area contributed by atoms with Crippen molar-refractivity contribution in [3.63, 3.8) is 0 Å². The highest BCUT2D eigenvalue weighted by molar-refractivity contribution is 9.12. The molecule has 0 spiro atoms. The molecule has 1 aliphatic rings. The van der Waals surface area contributed by atoms with Gasteiger partial charge in [0.1, 0.15) is 5.82 Å². The Morgan fingerprint density at radius 1 is 1.52 bits per heavy atom. The molecule has 1 aromatic rings. The van der Waals surface area contributed by atoms with Crippen LogP contribution in [-0.4, -0.2) is 60.0 Å². The van der Waals surface area contributed by atoms with Gasteiger partial charge in [0.25, 0.3) is 0 Å². The van der Waals surface area contributed by atoms with E-state index in [1.54, 1.807) is 30.7 Å². The van der Waals surface area contributed by atoms with Crippen molar-refractivity contribution in [2.75, 3.05) is 27.2 Å². The number of nitrogens with two attached hydrogens (primary N) is 1. The molecule has 0 atom stereocenters. The molecule has 1 aliphatic heterocycles. The van der Waals surface area contributed by atoms with Gasteiger partial charge in [0, 0.05) is 68.3 Å². The maximum atomic E-state index is 8.70. The van der Waals surface area contributed by atoms with Gasteiger partial charge in [-0.05, 0) is 40.4 Å². The average molecular weight is 486 g/mol. The van der Waals surface area contributed by atoms with Crippen molar-refractivity contribution in [3.8, 4) is 6.19 Å². The first-order valence-electron chi connectivity index (χ1n) is 9.85. The molecular weight excluding hydrogens is 458 g/mol. The van der Waals surface area contributed by atoms with E-state index in [1.807, 2.05) is 36.4 Å². The van der Waals surface area contributed by atoms with Gasteiger partial charge in [0.2, 0.25) is 12.2 Å². The Kier molecular flexibility index (Phi) is 9.71. The highest BCUT2D eigenvalue weighted by atomic mass is 79.9. The minimum absolute atomic E-state index is 0.273. The summed E-state index contributed by atoms with van der Waals surface area (Å²) < 4.78 is 0.680. The molecule has 9 nitrogen and oxygen atoms in total. The van der Waals surface area contributed by atoms with E-state index in [-0.39, 0.29) is 11.9 Å². The van der Waals surface area contributed by atoms with Gasteiger partial charge in [-0.1, -0.05) is 12.6 Å². The van der Waals surface area contributed by atoms with Crippen LogP contribution < -0.4 is 11.1 Å². The average Bonchev–Trinajstić information content (AvgIpc) is 2.78. The number of likely N-dealkylation sites (tertiary alicyclic amines) is 1. The number of nitrogens with one attached hydrogen (secondary N) is 1. The zero-order chi connectivity index (χ0) is 22.6. The van der Waals surface area contributed by atoms with E-state index in [0.29, 0.717) is 11.0 Å². The molecule has 2 rings (SSSR count). The summed E-state index contributed by atoms with van der Waals surface area (Å²) >= 11 is 3.30. The second-order valence-electron chi connectivity index (χ2n) is 6.94. The minimum Gasteiger partial charge on any atom is -0.369 e. The number of hydrazone groups is 1. The number of halogens is 1. The fourth-order valence-electron chi connectivity index (χ4n) is 3.20. The molecule has 0 saturated carbocycles. The zero-order valence-corrected chi connectivity index (χ0v) is 19.5. The van der Waals surface area contributed by atoms with Crippen molar-refractivity contribution in [1.29, 1.82) is 5.26 Å². The molecule has 0 aliphatic carbocycles. The largest absolute Gasteiger partial charge is 0.369 e. The van der Waals surface area contributed by atoms with Gasteiger partial charge in [0.05, 0.1) is 6.21 Å². The van der Waals surface area contributed by atoms with Crippen molar-refractivity contribution in [3.05, 3.63) is 53.0 Å². The number of aromatic nitrogens is 1. The number of nitriles is 1. The zero-order valence-electron chi connectivity index (χ0n) is 17.9. The molecule has 0 bridgehead atoms. The van der Waals surface area contributed by atoms with Crippen LogP contribution >= 0.6 is 15.9 Å². The van der Waals surface area contributed by atoms with Crippen LogP contribution in [0.15, 0.2) is 62.6 Å². The monoisotopic (exact) mass is 485 g/mol. The molecule has 0 unspecified atom stereocenters. The van der Waals surface area contributed by atoms with Crippen molar-refractivity contribution >= 4 is 33.8 Å². The predicted molar refractivity (Wildman–Crippen MR) is 128 cm³/mol. The Balaban J connectivity index is 2.16. The minimum atomic E-state index is 0.273. The SMILES string of the molecule is C=C(Br)/C=N\N(C)/C(=C\C(=N/C)C1CCN(/C(N)=N\C#N)CC1)NCc1cccnc1. The Morgan fingerprint density at radius 3 is 2.84 bits per heavy atom. The number of piperidine rings is 1. The van der Waals surface area contributed by atoms with Gasteiger partial charge in [-0.15, -0.1) is 4.99 Å². The lowest BCUT2D eigenvalue weighted by atomic mass is 9.91. The number of aliphatic imine (C=N–C) groups is 2. The first-order valence-corrected chi connectivity index (χ1v) is 10.6. The lowest BCUT2D eigenvalue weighted by Crippen LogP contribution is -2.44. The lowest BCUT2D eigenvalue weighted by Gasteiger charge is -2.32. The van der Waals surface area contributed by atoms with Crippen LogP contribution in [0.5, 0.6) is 0 Å². The molecule has 0 radical (unpaired) electrons. The Morgan fingerprint density at radius 2 is 2.26 bits per heavy atom.